The lowest BCUT2D eigenvalue weighted by atomic mass is 10.2. The minimum Gasteiger partial charge on any atom is -0.467 e. The molecule has 0 aliphatic heterocycles. The summed E-state index contributed by atoms with van der Waals surface area (Å²) in [6.45, 7) is 0.462. The van der Waals surface area contributed by atoms with Crippen LogP contribution in [-0.2, 0) is 11.3 Å². The van der Waals surface area contributed by atoms with Gasteiger partial charge in [-0.05, 0) is 23.1 Å². The number of amides is 1. The minimum atomic E-state index is -0.109. The highest BCUT2D eigenvalue weighted by Crippen LogP contribution is 2.25. The van der Waals surface area contributed by atoms with Crippen LogP contribution < -0.4 is 4.74 Å². The Morgan fingerprint density at radius 2 is 2.13 bits per heavy atom. The SMILES string of the molecule is CN(Cc1ccccc1Br)C(=O)COc1ncnc2sccc12. The third kappa shape index (κ3) is 3.68. The summed E-state index contributed by atoms with van der Waals surface area (Å²) in [4.78, 5) is 23.0. The molecule has 5 nitrogen and oxygen atoms in total. The van der Waals surface area contributed by atoms with E-state index < -0.39 is 0 Å². The molecule has 23 heavy (non-hydrogen) atoms. The molecule has 0 saturated heterocycles. The fraction of sp³-hybridized carbons (Fsp3) is 0.188. The van der Waals surface area contributed by atoms with Gasteiger partial charge in [0.1, 0.15) is 11.2 Å². The number of nitrogens with zero attached hydrogens (tertiary/aromatic N) is 3. The Morgan fingerprint density at radius 1 is 1.30 bits per heavy atom. The summed E-state index contributed by atoms with van der Waals surface area (Å²) in [6, 6.07) is 9.72. The van der Waals surface area contributed by atoms with Gasteiger partial charge < -0.3 is 9.64 Å². The van der Waals surface area contributed by atoms with Crippen LogP contribution in [0.3, 0.4) is 0 Å². The summed E-state index contributed by atoms with van der Waals surface area (Å²) in [7, 11) is 1.76. The van der Waals surface area contributed by atoms with Gasteiger partial charge in [0, 0.05) is 18.1 Å². The first-order chi connectivity index (χ1) is 11.1. The maximum Gasteiger partial charge on any atom is 0.260 e. The molecule has 0 spiro atoms. The number of benzene rings is 1. The van der Waals surface area contributed by atoms with Crippen molar-refractivity contribution in [1.29, 1.82) is 0 Å². The van der Waals surface area contributed by atoms with Crippen LogP contribution in [-0.4, -0.2) is 34.4 Å². The Kier molecular flexibility index (Phi) is 4.88. The van der Waals surface area contributed by atoms with Crippen LogP contribution in [0.1, 0.15) is 5.56 Å². The molecule has 0 aliphatic rings. The number of thiophene rings is 1. The Balaban J connectivity index is 1.63. The lowest BCUT2D eigenvalue weighted by Gasteiger charge is -2.18. The predicted octanol–water partition coefficient (Wildman–Crippen LogP) is 3.49. The molecule has 0 aliphatic carbocycles. The summed E-state index contributed by atoms with van der Waals surface area (Å²) in [6.07, 6.45) is 1.45. The van der Waals surface area contributed by atoms with Crippen LogP contribution >= 0.6 is 27.3 Å². The van der Waals surface area contributed by atoms with Crippen molar-refractivity contribution in [1.82, 2.24) is 14.9 Å². The molecule has 118 valence electrons. The molecule has 0 radical (unpaired) electrons. The molecular weight excluding hydrogens is 378 g/mol. The predicted molar refractivity (Wildman–Crippen MR) is 93.5 cm³/mol. The number of likely N-dealkylation sites (N-methyl/N-ethyl adjacent to an activating group) is 1. The number of carbonyl (C=O) groups is 1. The standard InChI is InChI=1S/C16H14BrN3O2S/c1-20(8-11-4-2-3-5-13(11)17)14(21)9-22-15-12-6-7-23-16(12)19-10-18-15/h2-7,10H,8-9H2,1H3. The van der Waals surface area contributed by atoms with Gasteiger partial charge in [-0.2, -0.15) is 0 Å². The molecule has 1 amide bonds. The average molecular weight is 392 g/mol. The van der Waals surface area contributed by atoms with Gasteiger partial charge >= 0.3 is 0 Å². The second-order valence-electron chi connectivity index (χ2n) is 4.95. The van der Waals surface area contributed by atoms with E-state index in [1.54, 1.807) is 11.9 Å². The van der Waals surface area contributed by atoms with Crippen molar-refractivity contribution in [3.05, 3.63) is 52.1 Å². The van der Waals surface area contributed by atoms with Crippen molar-refractivity contribution in [2.24, 2.45) is 0 Å². The van der Waals surface area contributed by atoms with E-state index in [-0.39, 0.29) is 12.5 Å². The lowest BCUT2D eigenvalue weighted by Crippen LogP contribution is -2.31. The monoisotopic (exact) mass is 391 g/mol. The molecule has 1 aromatic carbocycles. The average Bonchev–Trinajstić information content (AvgIpc) is 3.03. The van der Waals surface area contributed by atoms with E-state index in [1.807, 2.05) is 35.7 Å². The summed E-state index contributed by atoms with van der Waals surface area (Å²) in [5.74, 6) is 0.335. The van der Waals surface area contributed by atoms with Gasteiger partial charge in [0.05, 0.1) is 5.39 Å². The second-order valence-corrected chi connectivity index (χ2v) is 6.70. The Labute approximate surface area is 146 Å². The zero-order valence-corrected chi connectivity index (χ0v) is 14.8. The highest BCUT2D eigenvalue weighted by molar-refractivity contribution is 9.10. The molecule has 2 aromatic heterocycles. The number of ether oxygens (including phenoxy) is 1. The molecule has 0 atom stereocenters. The quantitative estimate of drug-likeness (QED) is 0.667. The largest absolute Gasteiger partial charge is 0.467 e. The normalized spacial score (nSPS) is 10.7. The molecule has 0 fully saturated rings. The van der Waals surface area contributed by atoms with E-state index in [9.17, 15) is 4.79 Å². The van der Waals surface area contributed by atoms with Crippen molar-refractivity contribution >= 4 is 43.4 Å². The number of hydrogen-bond donors (Lipinski definition) is 0. The van der Waals surface area contributed by atoms with E-state index in [4.69, 9.17) is 4.74 Å². The van der Waals surface area contributed by atoms with Gasteiger partial charge in [-0.25, -0.2) is 9.97 Å². The van der Waals surface area contributed by atoms with Crippen molar-refractivity contribution < 1.29 is 9.53 Å². The van der Waals surface area contributed by atoms with Crippen molar-refractivity contribution in [3.63, 3.8) is 0 Å². The van der Waals surface area contributed by atoms with Crippen LogP contribution in [0.2, 0.25) is 0 Å². The Bertz CT molecular complexity index is 837. The molecule has 0 saturated carbocycles. The molecular formula is C16H14BrN3O2S. The molecule has 0 bridgehead atoms. The van der Waals surface area contributed by atoms with Gasteiger partial charge in [-0.1, -0.05) is 34.1 Å². The number of halogens is 1. The van der Waals surface area contributed by atoms with E-state index in [2.05, 4.69) is 25.9 Å². The first kappa shape index (κ1) is 15.9. The third-order valence-electron chi connectivity index (χ3n) is 3.35. The first-order valence-electron chi connectivity index (χ1n) is 6.93. The zero-order valence-electron chi connectivity index (χ0n) is 12.4. The van der Waals surface area contributed by atoms with E-state index in [0.29, 0.717) is 12.4 Å². The Morgan fingerprint density at radius 3 is 2.96 bits per heavy atom. The third-order valence-corrected chi connectivity index (χ3v) is 4.94. The molecule has 3 aromatic rings. The maximum atomic E-state index is 12.3. The van der Waals surface area contributed by atoms with Gasteiger partial charge in [0.15, 0.2) is 6.61 Å². The van der Waals surface area contributed by atoms with Crippen LogP contribution in [0.5, 0.6) is 5.88 Å². The highest BCUT2D eigenvalue weighted by Gasteiger charge is 2.13. The van der Waals surface area contributed by atoms with Crippen molar-refractivity contribution in [3.8, 4) is 5.88 Å². The van der Waals surface area contributed by atoms with Gasteiger partial charge in [-0.3, -0.25) is 4.79 Å². The number of carbonyl (C=O) groups excluding carboxylic acids is 1. The highest BCUT2D eigenvalue weighted by atomic mass is 79.9. The fourth-order valence-electron chi connectivity index (χ4n) is 2.09. The number of rotatable bonds is 5. The van der Waals surface area contributed by atoms with Crippen molar-refractivity contribution in [2.45, 2.75) is 6.54 Å². The summed E-state index contributed by atoms with van der Waals surface area (Å²) in [5.41, 5.74) is 1.05. The molecule has 0 unspecified atom stereocenters. The van der Waals surface area contributed by atoms with Crippen LogP contribution in [0.25, 0.3) is 10.2 Å². The number of fused-ring (bicyclic) bond motifs is 1. The van der Waals surface area contributed by atoms with Crippen LogP contribution in [0.4, 0.5) is 0 Å². The molecule has 2 heterocycles. The molecule has 0 N–H and O–H groups in total. The maximum absolute atomic E-state index is 12.3. The minimum absolute atomic E-state index is 0.0527. The summed E-state index contributed by atoms with van der Waals surface area (Å²) < 4.78 is 6.56. The van der Waals surface area contributed by atoms with Gasteiger partial charge in [-0.15, -0.1) is 11.3 Å². The van der Waals surface area contributed by atoms with E-state index in [0.717, 1.165) is 20.3 Å². The number of aromatic nitrogens is 2. The second kappa shape index (κ2) is 7.06. The van der Waals surface area contributed by atoms with Crippen molar-refractivity contribution in [2.75, 3.05) is 13.7 Å². The lowest BCUT2D eigenvalue weighted by molar-refractivity contribution is -0.132. The summed E-state index contributed by atoms with van der Waals surface area (Å²) >= 11 is 5.00. The first-order valence-corrected chi connectivity index (χ1v) is 8.61. The zero-order chi connectivity index (χ0) is 16.2. The smallest absolute Gasteiger partial charge is 0.260 e. The Hall–Kier alpha value is -1.99. The van der Waals surface area contributed by atoms with Gasteiger partial charge in [0.2, 0.25) is 5.88 Å². The topological polar surface area (TPSA) is 55.3 Å². The van der Waals surface area contributed by atoms with Crippen LogP contribution in [0.15, 0.2) is 46.5 Å². The number of hydrogen-bond acceptors (Lipinski definition) is 5. The van der Waals surface area contributed by atoms with E-state index in [1.165, 1.54) is 17.7 Å². The van der Waals surface area contributed by atoms with E-state index >= 15 is 0 Å². The summed E-state index contributed by atoms with van der Waals surface area (Å²) in [5, 5.41) is 2.76. The van der Waals surface area contributed by atoms with Gasteiger partial charge in [0.25, 0.3) is 5.91 Å². The fourth-order valence-corrected chi connectivity index (χ4v) is 3.23. The molecule has 3 rings (SSSR count). The van der Waals surface area contributed by atoms with Crippen LogP contribution in [0, 0.1) is 0 Å². The molecule has 7 heteroatoms.